The van der Waals surface area contributed by atoms with E-state index in [4.69, 9.17) is 5.73 Å². The van der Waals surface area contributed by atoms with Crippen LogP contribution in [-0.4, -0.2) is 16.9 Å². The molecule has 0 saturated heterocycles. The van der Waals surface area contributed by atoms with Gasteiger partial charge in [0.2, 0.25) is 0 Å². The largest absolute Gasteiger partial charge is 0.326 e. The predicted octanol–water partition coefficient (Wildman–Crippen LogP) is 2.60. The van der Waals surface area contributed by atoms with E-state index in [-0.39, 0.29) is 11.9 Å². The second-order valence-corrected chi connectivity index (χ2v) is 4.88. The molecule has 0 bridgehead atoms. The molecule has 0 radical (unpaired) electrons. The van der Waals surface area contributed by atoms with Crippen LogP contribution in [0.25, 0.3) is 0 Å². The van der Waals surface area contributed by atoms with Crippen LogP contribution in [0.2, 0.25) is 0 Å². The maximum Gasteiger partial charge on any atom is 0.260 e. The van der Waals surface area contributed by atoms with Crippen molar-refractivity contribution in [2.45, 2.75) is 26.4 Å². The molecule has 0 spiro atoms. The number of hydrogen-bond donors (Lipinski definition) is 1. The summed E-state index contributed by atoms with van der Waals surface area (Å²) in [6.45, 7) is 4.48. The minimum absolute atomic E-state index is 0.0476. The lowest BCUT2D eigenvalue weighted by molar-refractivity contribution is 0.0980. The van der Waals surface area contributed by atoms with Crippen LogP contribution in [0.5, 0.6) is 0 Å². The Kier molecular flexibility index (Phi) is 4.48. The van der Waals surface area contributed by atoms with Gasteiger partial charge in [-0.3, -0.25) is 9.78 Å². The van der Waals surface area contributed by atoms with Crippen molar-refractivity contribution in [1.29, 1.82) is 0 Å². The first-order valence-electron chi connectivity index (χ1n) is 6.66. The average Bonchev–Trinajstić information content (AvgIpc) is 2.48. The molecule has 0 fully saturated rings. The van der Waals surface area contributed by atoms with E-state index in [2.05, 4.69) is 4.98 Å². The number of anilines is 1. The molecule has 0 aliphatic heterocycles. The molecular formula is C16H19N3O. The molecular weight excluding hydrogens is 250 g/mol. The summed E-state index contributed by atoms with van der Waals surface area (Å²) in [5.41, 5.74) is 8.10. The summed E-state index contributed by atoms with van der Waals surface area (Å²) >= 11 is 0. The van der Waals surface area contributed by atoms with Crippen molar-refractivity contribution in [3.63, 3.8) is 0 Å². The van der Waals surface area contributed by atoms with E-state index in [9.17, 15) is 4.79 Å². The van der Waals surface area contributed by atoms with Gasteiger partial charge in [0, 0.05) is 30.7 Å². The third kappa shape index (κ3) is 3.03. The average molecular weight is 269 g/mol. The molecule has 4 nitrogen and oxygen atoms in total. The zero-order valence-electron chi connectivity index (χ0n) is 11.8. The van der Waals surface area contributed by atoms with Crippen molar-refractivity contribution in [3.8, 4) is 0 Å². The zero-order chi connectivity index (χ0) is 14.5. The molecule has 0 atom stereocenters. The van der Waals surface area contributed by atoms with Gasteiger partial charge >= 0.3 is 0 Å². The van der Waals surface area contributed by atoms with Gasteiger partial charge in [-0.15, -0.1) is 0 Å². The van der Waals surface area contributed by atoms with Gasteiger partial charge in [0.25, 0.3) is 5.91 Å². The van der Waals surface area contributed by atoms with Crippen LogP contribution in [0.15, 0.2) is 48.8 Å². The summed E-state index contributed by atoms with van der Waals surface area (Å²) in [6.07, 6.45) is 3.25. The third-order valence-electron chi connectivity index (χ3n) is 3.09. The summed E-state index contributed by atoms with van der Waals surface area (Å²) in [6, 6.07) is 11.4. The molecule has 20 heavy (non-hydrogen) atoms. The normalized spacial score (nSPS) is 10.6. The molecule has 0 unspecified atom stereocenters. The molecule has 1 aromatic carbocycles. The lowest BCUT2D eigenvalue weighted by atomic mass is 10.1. The summed E-state index contributed by atoms with van der Waals surface area (Å²) in [5, 5.41) is 0. The van der Waals surface area contributed by atoms with Crippen LogP contribution in [0.1, 0.15) is 29.8 Å². The SMILES string of the molecule is CC(C)N(C(=O)c1cccnc1)c1ccc(CN)cc1. The van der Waals surface area contributed by atoms with Crippen LogP contribution in [-0.2, 0) is 6.54 Å². The van der Waals surface area contributed by atoms with Crippen molar-refractivity contribution in [2.75, 3.05) is 4.90 Å². The van der Waals surface area contributed by atoms with E-state index < -0.39 is 0 Å². The monoisotopic (exact) mass is 269 g/mol. The van der Waals surface area contributed by atoms with Crippen molar-refractivity contribution >= 4 is 11.6 Å². The number of hydrogen-bond acceptors (Lipinski definition) is 3. The first-order chi connectivity index (χ1) is 9.63. The Morgan fingerprint density at radius 2 is 1.95 bits per heavy atom. The van der Waals surface area contributed by atoms with Gasteiger partial charge in [-0.25, -0.2) is 0 Å². The smallest absolute Gasteiger partial charge is 0.260 e. The van der Waals surface area contributed by atoms with Crippen LogP contribution in [0, 0.1) is 0 Å². The lowest BCUT2D eigenvalue weighted by Gasteiger charge is -2.27. The number of aromatic nitrogens is 1. The summed E-state index contributed by atoms with van der Waals surface area (Å²) in [4.78, 5) is 18.4. The van der Waals surface area contributed by atoms with E-state index in [0.717, 1.165) is 11.3 Å². The summed E-state index contributed by atoms with van der Waals surface area (Å²) < 4.78 is 0. The van der Waals surface area contributed by atoms with Crippen LogP contribution >= 0.6 is 0 Å². The number of rotatable bonds is 4. The lowest BCUT2D eigenvalue weighted by Crippen LogP contribution is -2.37. The minimum atomic E-state index is -0.0476. The van der Waals surface area contributed by atoms with Gasteiger partial charge in [-0.2, -0.15) is 0 Å². The summed E-state index contributed by atoms with van der Waals surface area (Å²) in [7, 11) is 0. The number of nitrogens with two attached hydrogens (primary N) is 1. The molecule has 104 valence electrons. The second kappa shape index (κ2) is 6.30. The first-order valence-corrected chi connectivity index (χ1v) is 6.66. The zero-order valence-corrected chi connectivity index (χ0v) is 11.8. The molecule has 0 aliphatic carbocycles. The number of carbonyl (C=O) groups is 1. The Labute approximate surface area is 119 Å². The predicted molar refractivity (Wildman–Crippen MR) is 80.5 cm³/mol. The van der Waals surface area contributed by atoms with E-state index in [1.54, 1.807) is 29.4 Å². The minimum Gasteiger partial charge on any atom is -0.326 e. The van der Waals surface area contributed by atoms with Gasteiger partial charge in [-0.1, -0.05) is 12.1 Å². The van der Waals surface area contributed by atoms with Crippen LogP contribution in [0.4, 0.5) is 5.69 Å². The number of amides is 1. The molecule has 0 aliphatic rings. The summed E-state index contributed by atoms with van der Waals surface area (Å²) in [5.74, 6) is -0.0476. The molecule has 4 heteroatoms. The van der Waals surface area contributed by atoms with Gasteiger partial charge in [0.1, 0.15) is 0 Å². The van der Waals surface area contributed by atoms with Crippen molar-refractivity contribution in [3.05, 3.63) is 59.9 Å². The first kappa shape index (κ1) is 14.2. The molecule has 1 amide bonds. The fourth-order valence-corrected chi connectivity index (χ4v) is 2.07. The maximum atomic E-state index is 12.6. The van der Waals surface area contributed by atoms with Gasteiger partial charge in [0.05, 0.1) is 5.56 Å². The Balaban J connectivity index is 2.33. The van der Waals surface area contributed by atoms with Gasteiger partial charge in [-0.05, 0) is 43.7 Å². The van der Waals surface area contributed by atoms with Crippen LogP contribution in [0.3, 0.4) is 0 Å². The van der Waals surface area contributed by atoms with Gasteiger partial charge < -0.3 is 10.6 Å². The van der Waals surface area contributed by atoms with Gasteiger partial charge in [0.15, 0.2) is 0 Å². The van der Waals surface area contributed by atoms with E-state index in [1.807, 2.05) is 38.1 Å². The third-order valence-corrected chi connectivity index (χ3v) is 3.09. The molecule has 0 saturated carbocycles. The highest BCUT2D eigenvalue weighted by molar-refractivity contribution is 6.06. The Bertz CT molecular complexity index is 564. The number of benzene rings is 1. The fraction of sp³-hybridized carbons (Fsp3) is 0.250. The van der Waals surface area contributed by atoms with Crippen molar-refractivity contribution in [2.24, 2.45) is 5.73 Å². The second-order valence-electron chi connectivity index (χ2n) is 4.88. The standard InChI is InChI=1S/C16H19N3O/c1-12(2)19(15-7-5-13(10-17)6-8-15)16(20)14-4-3-9-18-11-14/h3-9,11-12H,10,17H2,1-2H3. The number of nitrogens with zero attached hydrogens (tertiary/aromatic N) is 2. The molecule has 2 rings (SSSR count). The molecule has 2 N–H and O–H groups in total. The maximum absolute atomic E-state index is 12.6. The number of pyridine rings is 1. The Morgan fingerprint density at radius 1 is 1.25 bits per heavy atom. The molecule has 2 aromatic rings. The van der Waals surface area contributed by atoms with Crippen LogP contribution < -0.4 is 10.6 Å². The Morgan fingerprint density at radius 3 is 2.45 bits per heavy atom. The highest BCUT2D eigenvalue weighted by atomic mass is 16.2. The molecule has 1 heterocycles. The topological polar surface area (TPSA) is 59.2 Å². The van der Waals surface area contributed by atoms with Crippen molar-refractivity contribution < 1.29 is 4.79 Å². The fourth-order valence-electron chi connectivity index (χ4n) is 2.07. The van der Waals surface area contributed by atoms with Crippen molar-refractivity contribution in [1.82, 2.24) is 4.98 Å². The Hall–Kier alpha value is -2.20. The highest BCUT2D eigenvalue weighted by Crippen LogP contribution is 2.20. The number of carbonyl (C=O) groups excluding carboxylic acids is 1. The highest BCUT2D eigenvalue weighted by Gasteiger charge is 2.20. The molecule has 1 aromatic heterocycles. The van der Waals surface area contributed by atoms with E-state index in [1.165, 1.54) is 0 Å². The quantitative estimate of drug-likeness (QED) is 0.928. The van der Waals surface area contributed by atoms with E-state index in [0.29, 0.717) is 12.1 Å². The van der Waals surface area contributed by atoms with E-state index >= 15 is 0 Å².